The van der Waals surface area contributed by atoms with E-state index < -0.39 is 0 Å². The molecule has 2 aromatic carbocycles. The Labute approximate surface area is 159 Å². The molecule has 0 atom stereocenters. The number of hydrogen-bond acceptors (Lipinski definition) is 2. The van der Waals surface area contributed by atoms with Crippen molar-refractivity contribution in [3.05, 3.63) is 62.7 Å². The number of esters is 1. The van der Waals surface area contributed by atoms with Crippen LogP contribution < -0.4 is 0 Å². The normalized spacial score (nSPS) is 11.0. The van der Waals surface area contributed by atoms with Gasteiger partial charge in [0.15, 0.2) is 0 Å². The van der Waals surface area contributed by atoms with Gasteiger partial charge in [0.25, 0.3) is 0 Å². The maximum absolute atomic E-state index is 12.1. The molecule has 0 saturated heterocycles. The fraction of sp³-hybridized carbons (Fsp3) is 0.118. The molecule has 6 heteroatoms. The number of halogens is 3. The highest BCUT2D eigenvalue weighted by molar-refractivity contribution is 9.13. The number of methoxy groups -OCH3 is 1. The second kappa shape index (κ2) is 6.79. The summed E-state index contributed by atoms with van der Waals surface area (Å²) >= 11 is 10.8. The third-order valence-electron chi connectivity index (χ3n) is 3.62. The Hall–Kier alpha value is -1.11. The van der Waals surface area contributed by atoms with E-state index in [-0.39, 0.29) is 5.97 Å². The van der Waals surface area contributed by atoms with Gasteiger partial charge in [-0.25, -0.2) is 4.79 Å². The van der Waals surface area contributed by atoms with Gasteiger partial charge in [0, 0.05) is 10.7 Å². The number of benzene rings is 2. The highest BCUT2D eigenvalue weighted by Crippen LogP contribution is 2.38. The summed E-state index contributed by atoms with van der Waals surface area (Å²) in [6, 6.07) is 13.6. The molecular weight excluding hydrogens is 490 g/mol. The van der Waals surface area contributed by atoms with Gasteiger partial charge in [0.1, 0.15) is 4.60 Å². The molecule has 0 spiro atoms. The van der Waals surface area contributed by atoms with Crippen LogP contribution in [0.2, 0.25) is 0 Å². The van der Waals surface area contributed by atoms with Crippen LogP contribution in [0.1, 0.15) is 15.9 Å². The summed E-state index contributed by atoms with van der Waals surface area (Å²) in [6.07, 6.45) is 0. The van der Waals surface area contributed by atoms with Crippen molar-refractivity contribution >= 4 is 64.7 Å². The average Bonchev–Trinajstić information content (AvgIpc) is 2.84. The van der Waals surface area contributed by atoms with E-state index in [2.05, 4.69) is 66.0 Å². The van der Waals surface area contributed by atoms with Gasteiger partial charge in [-0.2, -0.15) is 0 Å². The van der Waals surface area contributed by atoms with Gasteiger partial charge in [0.2, 0.25) is 0 Å². The van der Waals surface area contributed by atoms with Crippen LogP contribution in [0.4, 0.5) is 0 Å². The van der Waals surface area contributed by atoms with Gasteiger partial charge in [0.05, 0.1) is 28.4 Å². The second-order valence-electron chi connectivity index (χ2n) is 4.93. The molecule has 0 bridgehead atoms. The standard InChI is InChI=1S/C17H12Br3NO2/c1-23-17(22)11-4-2-3-5-13(11)21-14-7-6-10(9-18)8-12(14)15(19)16(21)20/h2-8H,9H2,1H3. The Morgan fingerprint density at radius 1 is 1.17 bits per heavy atom. The molecule has 0 N–H and O–H groups in total. The molecule has 3 nitrogen and oxygen atoms in total. The summed E-state index contributed by atoms with van der Waals surface area (Å²) in [6.45, 7) is 0. The predicted molar refractivity (Wildman–Crippen MR) is 103 cm³/mol. The van der Waals surface area contributed by atoms with Crippen molar-refractivity contribution in [2.75, 3.05) is 7.11 Å². The summed E-state index contributed by atoms with van der Waals surface area (Å²) in [5.41, 5.74) is 3.48. The Kier molecular flexibility index (Phi) is 4.94. The van der Waals surface area contributed by atoms with Gasteiger partial charge < -0.3 is 9.30 Å². The number of nitrogens with zero attached hydrogens (tertiary/aromatic N) is 1. The molecule has 0 amide bonds. The molecule has 1 heterocycles. The van der Waals surface area contributed by atoms with E-state index >= 15 is 0 Å². The third-order valence-corrected chi connectivity index (χ3v) is 6.35. The lowest BCUT2D eigenvalue weighted by atomic mass is 10.1. The molecule has 0 saturated carbocycles. The quantitative estimate of drug-likeness (QED) is 0.333. The molecule has 118 valence electrons. The first-order valence-electron chi connectivity index (χ1n) is 6.80. The number of fused-ring (bicyclic) bond motifs is 1. The largest absolute Gasteiger partial charge is 0.465 e. The number of rotatable bonds is 3. The summed E-state index contributed by atoms with van der Waals surface area (Å²) in [4.78, 5) is 12.1. The van der Waals surface area contributed by atoms with Crippen LogP contribution in [0, 0.1) is 0 Å². The van der Waals surface area contributed by atoms with Crippen LogP contribution in [0.3, 0.4) is 0 Å². The Morgan fingerprint density at radius 2 is 1.91 bits per heavy atom. The number of carbonyl (C=O) groups excluding carboxylic acids is 1. The lowest BCUT2D eigenvalue weighted by molar-refractivity contribution is 0.0601. The van der Waals surface area contributed by atoms with Crippen LogP contribution in [0.15, 0.2) is 51.5 Å². The van der Waals surface area contributed by atoms with Crippen molar-refractivity contribution in [3.8, 4) is 5.69 Å². The number of hydrogen-bond donors (Lipinski definition) is 0. The van der Waals surface area contributed by atoms with E-state index in [4.69, 9.17) is 4.74 Å². The molecule has 3 rings (SSSR count). The minimum absolute atomic E-state index is 0.359. The lowest BCUT2D eigenvalue weighted by Crippen LogP contribution is -2.07. The molecule has 0 aliphatic rings. The summed E-state index contributed by atoms with van der Waals surface area (Å²) in [5.74, 6) is -0.359. The van der Waals surface area contributed by atoms with Crippen molar-refractivity contribution in [3.63, 3.8) is 0 Å². The Balaban J connectivity index is 2.34. The SMILES string of the molecule is COC(=O)c1ccccc1-n1c(Br)c(Br)c2cc(CBr)ccc21. The minimum Gasteiger partial charge on any atom is -0.465 e. The fourth-order valence-electron chi connectivity index (χ4n) is 2.54. The topological polar surface area (TPSA) is 31.2 Å². The number of aromatic nitrogens is 1. The molecule has 0 fully saturated rings. The molecule has 0 aliphatic heterocycles. The van der Waals surface area contributed by atoms with Crippen LogP contribution in [0.5, 0.6) is 0 Å². The monoisotopic (exact) mass is 499 g/mol. The van der Waals surface area contributed by atoms with Gasteiger partial charge in [-0.1, -0.05) is 34.1 Å². The number of carbonyl (C=O) groups is 1. The van der Waals surface area contributed by atoms with E-state index in [1.807, 2.05) is 22.8 Å². The van der Waals surface area contributed by atoms with Gasteiger partial charge in [-0.3, -0.25) is 0 Å². The molecule has 23 heavy (non-hydrogen) atoms. The molecule has 0 aliphatic carbocycles. The Morgan fingerprint density at radius 3 is 2.61 bits per heavy atom. The van der Waals surface area contributed by atoms with Gasteiger partial charge >= 0.3 is 5.97 Å². The molecule has 1 aromatic heterocycles. The molecular formula is C17H12Br3NO2. The first-order valence-corrected chi connectivity index (χ1v) is 9.51. The van der Waals surface area contributed by atoms with E-state index in [9.17, 15) is 4.79 Å². The maximum Gasteiger partial charge on any atom is 0.339 e. The summed E-state index contributed by atoms with van der Waals surface area (Å²) in [7, 11) is 1.39. The fourth-order valence-corrected chi connectivity index (χ4v) is 3.98. The van der Waals surface area contributed by atoms with Crippen molar-refractivity contribution in [1.29, 1.82) is 0 Å². The predicted octanol–water partition coefficient (Wildman–Crippen LogP) is 5.84. The third kappa shape index (κ3) is 2.88. The van der Waals surface area contributed by atoms with Crippen molar-refractivity contribution in [1.82, 2.24) is 4.57 Å². The van der Waals surface area contributed by atoms with E-state index in [0.29, 0.717) is 5.56 Å². The van der Waals surface area contributed by atoms with Crippen LogP contribution in [0.25, 0.3) is 16.6 Å². The molecule has 3 aromatic rings. The zero-order valence-corrected chi connectivity index (χ0v) is 16.9. The highest BCUT2D eigenvalue weighted by atomic mass is 79.9. The van der Waals surface area contributed by atoms with Crippen molar-refractivity contribution in [2.24, 2.45) is 0 Å². The van der Waals surface area contributed by atoms with Gasteiger partial charge in [-0.15, -0.1) is 0 Å². The average molecular weight is 502 g/mol. The smallest absolute Gasteiger partial charge is 0.339 e. The van der Waals surface area contributed by atoms with Crippen LogP contribution in [-0.4, -0.2) is 17.6 Å². The molecule has 0 unspecified atom stereocenters. The van der Waals surface area contributed by atoms with Crippen LogP contribution >= 0.6 is 47.8 Å². The maximum atomic E-state index is 12.1. The lowest BCUT2D eigenvalue weighted by Gasteiger charge is -2.12. The molecule has 0 radical (unpaired) electrons. The first-order chi connectivity index (χ1) is 11.1. The van der Waals surface area contributed by atoms with E-state index in [1.54, 1.807) is 6.07 Å². The second-order valence-corrected chi connectivity index (χ2v) is 7.04. The van der Waals surface area contributed by atoms with Crippen LogP contribution in [-0.2, 0) is 10.1 Å². The summed E-state index contributed by atoms with van der Waals surface area (Å²) < 4.78 is 8.72. The summed E-state index contributed by atoms with van der Waals surface area (Å²) in [5, 5.41) is 1.87. The zero-order chi connectivity index (χ0) is 16.6. The number of para-hydroxylation sites is 1. The van der Waals surface area contributed by atoms with Crippen molar-refractivity contribution in [2.45, 2.75) is 5.33 Å². The zero-order valence-electron chi connectivity index (χ0n) is 12.1. The highest BCUT2D eigenvalue weighted by Gasteiger charge is 2.19. The number of ether oxygens (including phenoxy) is 1. The van der Waals surface area contributed by atoms with Gasteiger partial charge in [-0.05, 0) is 61.7 Å². The minimum atomic E-state index is -0.359. The van der Waals surface area contributed by atoms with E-state index in [0.717, 1.165) is 31.0 Å². The number of alkyl halides is 1. The van der Waals surface area contributed by atoms with Crippen molar-refractivity contribution < 1.29 is 9.53 Å². The Bertz CT molecular complexity index is 902. The van der Waals surface area contributed by atoms with E-state index in [1.165, 1.54) is 12.7 Å². The first kappa shape index (κ1) is 16.7.